The first-order valence-corrected chi connectivity index (χ1v) is 6.21. The van der Waals surface area contributed by atoms with Gasteiger partial charge in [0.05, 0.1) is 4.47 Å². The molecule has 0 aliphatic heterocycles. The van der Waals surface area contributed by atoms with Crippen LogP contribution in [0.5, 0.6) is 0 Å². The first kappa shape index (κ1) is 13.4. The lowest BCUT2D eigenvalue weighted by Gasteiger charge is -2.17. The molecule has 1 aromatic heterocycles. The Morgan fingerprint density at radius 2 is 2.19 bits per heavy atom. The average molecular weight is 348 g/mol. The summed E-state index contributed by atoms with van der Waals surface area (Å²) in [5, 5.41) is 0. The van der Waals surface area contributed by atoms with Crippen molar-refractivity contribution < 1.29 is 4.79 Å². The molecule has 0 N–H and O–H groups in total. The zero-order valence-corrected chi connectivity index (χ0v) is 12.3. The van der Waals surface area contributed by atoms with E-state index >= 15 is 0 Å². The van der Waals surface area contributed by atoms with Crippen LogP contribution in [0, 0.1) is 0 Å². The maximum atomic E-state index is 12.0. The minimum atomic E-state index is -0.123. The fraction of sp³-hybridized carbons (Fsp3) is 0.273. The van der Waals surface area contributed by atoms with Gasteiger partial charge in [-0.1, -0.05) is 12.2 Å². The van der Waals surface area contributed by atoms with Crippen LogP contribution in [0.3, 0.4) is 0 Å². The molecule has 0 spiro atoms. The first-order valence-electron chi connectivity index (χ1n) is 4.62. The second-order valence-corrected chi connectivity index (χ2v) is 5.37. The van der Waals surface area contributed by atoms with Crippen LogP contribution in [-0.4, -0.2) is 29.4 Å². The van der Waals surface area contributed by atoms with Crippen LogP contribution >= 0.6 is 31.9 Å². The molecular formula is C11H12Br2N2O. The molecule has 0 bridgehead atoms. The Morgan fingerprint density at radius 3 is 2.69 bits per heavy atom. The van der Waals surface area contributed by atoms with Gasteiger partial charge in [0.15, 0.2) is 0 Å². The van der Waals surface area contributed by atoms with Gasteiger partial charge in [0, 0.05) is 24.3 Å². The Balaban J connectivity index is 2.92. The highest BCUT2D eigenvalue weighted by Crippen LogP contribution is 2.20. The molecule has 0 aliphatic carbocycles. The molecule has 3 nitrogen and oxygen atoms in total. The zero-order chi connectivity index (χ0) is 12.3. The number of hydrogen-bond acceptors (Lipinski definition) is 2. The molecule has 0 unspecified atom stereocenters. The number of pyridine rings is 1. The van der Waals surface area contributed by atoms with Gasteiger partial charge in [-0.3, -0.25) is 4.79 Å². The van der Waals surface area contributed by atoms with Gasteiger partial charge in [-0.05, 0) is 44.8 Å². The van der Waals surface area contributed by atoms with E-state index in [1.54, 1.807) is 24.2 Å². The van der Waals surface area contributed by atoms with Gasteiger partial charge >= 0.3 is 0 Å². The molecule has 86 valence electrons. The van der Waals surface area contributed by atoms with E-state index in [1.807, 2.05) is 6.92 Å². The number of rotatable bonds is 3. The molecule has 5 heteroatoms. The molecule has 0 radical (unpaired) electrons. The first-order chi connectivity index (χ1) is 7.41. The maximum absolute atomic E-state index is 12.0. The second kappa shape index (κ2) is 5.59. The SMILES string of the molecule is C=C(C)CN(C)C(=O)c1ncc(Br)cc1Br. The van der Waals surface area contributed by atoms with E-state index in [0.717, 1.165) is 10.0 Å². The second-order valence-electron chi connectivity index (χ2n) is 3.60. The number of hydrogen-bond donors (Lipinski definition) is 0. The number of nitrogens with zero attached hydrogens (tertiary/aromatic N) is 2. The van der Waals surface area contributed by atoms with Gasteiger partial charge in [-0.15, -0.1) is 0 Å². The molecule has 16 heavy (non-hydrogen) atoms. The number of aromatic nitrogens is 1. The van der Waals surface area contributed by atoms with Gasteiger partial charge in [-0.2, -0.15) is 0 Å². The van der Waals surface area contributed by atoms with E-state index in [9.17, 15) is 4.79 Å². The van der Waals surface area contributed by atoms with Crippen LogP contribution in [0.4, 0.5) is 0 Å². The Hall–Kier alpha value is -0.680. The standard InChI is InChI=1S/C11H12Br2N2O/c1-7(2)6-15(3)11(16)10-9(13)4-8(12)5-14-10/h4-5H,1,6H2,2-3H3. The molecule has 0 aliphatic rings. The fourth-order valence-electron chi connectivity index (χ4n) is 1.23. The Labute approximate surface area is 112 Å². The minimum absolute atomic E-state index is 0.123. The number of carbonyl (C=O) groups excluding carboxylic acids is 1. The Morgan fingerprint density at radius 1 is 1.56 bits per heavy atom. The van der Waals surface area contributed by atoms with Crippen LogP contribution < -0.4 is 0 Å². The molecule has 0 aromatic carbocycles. The highest BCUT2D eigenvalue weighted by molar-refractivity contribution is 9.11. The van der Waals surface area contributed by atoms with Crippen molar-refractivity contribution in [1.82, 2.24) is 9.88 Å². The van der Waals surface area contributed by atoms with Crippen LogP contribution in [0.1, 0.15) is 17.4 Å². The summed E-state index contributed by atoms with van der Waals surface area (Å²) in [5.41, 5.74) is 1.34. The molecule has 1 heterocycles. The van der Waals surface area contributed by atoms with E-state index in [4.69, 9.17) is 0 Å². The van der Waals surface area contributed by atoms with E-state index in [-0.39, 0.29) is 5.91 Å². The van der Waals surface area contributed by atoms with Crippen molar-refractivity contribution in [1.29, 1.82) is 0 Å². The van der Waals surface area contributed by atoms with E-state index in [2.05, 4.69) is 43.4 Å². The third-order valence-electron chi connectivity index (χ3n) is 1.86. The van der Waals surface area contributed by atoms with E-state index < -0.39 is 0 Å². The lowest BCUT2D eigenvalue weighted by Crippen LogP contribution is -2.29. The number of carbonyl (C=O) groups is 1. The fourth-order valence-corrected chi connectivity index (χ4v) is 2.39. The zero-order valence-electron chi connectivity index (χ0n) is 9.13. The van der Waals surface area contributed by atoms with Crippen LogP contribution in [0.15, 0.2) is 33.4 Å². The van der Waals surface area contributed by atoms with Crippen molar-refractivity contribution in [3.05, 3.63) is 39.1 Å². The Bertz CT molecular complexity index is 432. The van der Waals surface area contributed by atoms with Gasteiger partial charge in [-0.25, -0.2) is 4.98 Å². The third kappa shape index (κ3) is 3.42. The smallest absolute Gasteiger partial charge is 0.273 e. The van der Waals surface area contributed by atoms with Crippen LogP contribution in [0.2, 0.25) is 0 Å². The number of halogens is 2. The lowest BCUT2D eigenvalue weighted by atomic mass is 10.3. The molecule has 0 atom stereocenters. The van der Waals surface area contributed by atoms with Crippen molar-refractivity contribution in [3.8, 4) is 0 Å². The largest absolute Gasteiger partial charge is 0.336 e. The Kier molecular flexibility index (Phi) is 4.68. The maximum Gasteiger partial charge on any atom is 0.273 e. The summed E-state index contributed by atoms with van der Waals surface area (Å²) in [6.07, 6.45) is 1.60. The van der Waals surface area contributed by atoms with Gasteiger partial charge in [0.25, 0.3) is 5.91 Å². The molecule has 1 aromatic rings. The van der Waals surface area contributed by atoms with Crippen LogP contribution in [-0.2, 0) is 0 Å². The topological polar surface area (TPSA) is 33.2 Å². The predicted octanol–water partition coefficient (Wildman–Crippen LogP) is 3.25. The molecule has 0 fully saturated rings. The van der Waals surface area contributed by atoms with Crippen molar-refractivity contribution in [2.24, 2.45) is 0 Å². The lowest BCUT2D eigenvalue weighted by molar-refractivity contribution is 0.0800. The van der Waals surface area contributed by atoms with Crippen LogP contribution in [0.25, 0.3) is 0 Å². The average Bonchev–Trinajstić information content (AvgIpc) is 2.15. The monoisotopic (exact) mass is 346 g/mol. The summed E-state index contributed by atoms with van der Waals surface area (Å²) in [6, 6.07) is 1.80. The van der Waals surface area contributed by atoms with Crippen molar-refractivity contribution in [2.75, 3.05) is 13.6 Å². The number of amides is 1. The van der Waals surface area contributed by atoms with Crippen molar-refractivity contribution in [2.45, 2.75) is 6.92 Å². The normalized spacial score (nSPS) is 10.0. The summed E-state index contributed by atoms with van der Waals surface area (Å²) in [7, 11) is 1.73. The molecule has 1 rings (SSSR count). The van der Waals surface area contributed by atoms with Gasteiger partial charge < -0.3 is 4.90 Å². The van der Waals surface area contributed by atoms with Gasteiger partial charge in [0.2, 0.25) is 0 Å². The summed E-state index contributed by atoms with van der Waals surface area (Å²) in [4.78, 5) is 17.7. The summed E-state index contributed by atoms with van der Waals surface area (Å²) >= 11 is 6.61. The molecular weight excluding hydrogens is 336 g/mol. The van der Waals surface area contributed by atoms with Crippen molar-refractivity contribution in [3.63, 3.8) is 0 Å². The molecule has 0 saturated carbocycles. The van der Waals surface area contributed by atoms with Gasteiger partial charge in [0.1, 0.15) is 5.69 Å². The summed E-state index contributed by atoms with van der Waals surface area (Å²) in [6.45, 7) is 6.19. The molecule has 1 amide bonds. The minimum Gasteiger partial charge on any atom is -0.336 e. The summed E-state index contributed by atoms with van der Waals surface area (Å²) < 4.78 is 1.51. The summed E-state index contributed by atoms with van der Waals surface area (Å²) in [5.74, 6) is -0.123. The number of likely N-dealkylation sites (N-methyl/N-ethyl adjacent to an activating group) is 1. The van der Waals surface area contributed by atoms with E-state index in [1.165, 1.54) is 0 Å². The van der Waals surface area contributed by atoms with Crippen molar-refractivity contribution >= 4 is 37.8 Å². The van der Waals surface area contributed by atoms with E-state index in [0.29, 0.717) is 16.7 Å². The highest BCUT2D eigenvalue weighted by Gasteiger charge is 2.16. The quantitative estimate of drug-likeness (QED) is 0.786. The third-order valence-corrected chi connectivity index (χ3v) is 2.90. The highest BCUT2D eigenvalue weighted by atomic mass is 79.9. The predicted molar refractivity (Wildman–Crippen MR) is 71.4 cm³/mol. The molecule has 0 saturated heterocycles.